The van der Waals surface area contributed by atoms with Crippen molar-refractivity contribution in [2.45, 2.75) is 65.2 Å². The lowest BCUT2D eigenvalue weighted by molar-refractivity contribution is -0.151. The summed E-state index contributed by atoms with van der Waals surface area (Å²) >= 11 is 0. The van der Waals surface area contributed by atoms with Gasteiger partial charge in [0.25, 0.3) is 0 Å². The van der Waals surface area contributed by atoms with Gasteiger partial charge in [0.1, 0.15) is 0 Å². The number of carbonyl (C=O) groups is 1. The molecule has 0 fully saturated rings. The van der Waals surface area contributed by atoms with Crippen LogP contribution in [0, 0.1) is 11.3 Å². The zero-order chi connectivity index (χ0) is 15.3. The van der Waals surface area contributed by atoms with Crippen LogP contribution in [0.25, 0.3) is 0 Å². The van der Waals surface area contributed by atoms with E-state index >= 15 is 0 Å². The van der Waals surface area contributed by atoms with Crippen LogP contribution in [0.1, 0.15) is 63.5 Å². The summed E-state index contributed by atoms with van der Waals surface area (Å²) in [5, 5.41) is 9.88. The van der Waals surface area contributed by atoms with Crippen LogP contribution in [0.4, 0.5) is 0 Å². The number of rotatable bonds is 7. The number of unbranched alkanes of at least 4 members (excludes halogenated alkanes) is 1. The predicted octanol–water partition coefficient (Wildman–Crippen LogP) is 4.85. The molecule has 0 heterocycles. The van der Waals surface area contributed by atoms with Gasteiger partial charge in [-0.2, -0.15) is 0 Å². The van der Waals surface area contributed by atoms with Crippen LogP contribution in [-0.4, -0.2) is 11.1 Å². The number of benzene rings is 1. The second-order valence-electron chi connectivity index (χ2n) is 6.65. The number of fused-ring (bicyclic) bond motifs is 1. The van der Waals surface area contributed by atoms with Crippen molar-refractivity contribution in [3.63, 3.8) is 0 Å². The third kappa shape index (κ3) is 3.66. The monoisotopic (exact) mass is 288 g/mol. The lowest BCUT2D eigenvalue weighted by atomic mass is 9.66. The maximum atomic E-state index is 12.0. The van der Waals surface area contributed by atoms with E-state index in [1.54, 1.807) is 0 Å². The third-order valence-corrected chi connectivity index (χ3v) is 5.20. The highest BCUT2D eigenvalue weighted by Crippen LogP contribution is 2.42. The molecule has 21 heavy (non-hydrogen) atoms. The Morgan fingerprint density at radius 3 is 2.62 bits per heavy atom. The Labute approximate surface area is 128 Å². The van der Waals surface area contributed by atoms with E-state index in [4.69, 9.17) is 0 Å². The Bertz CT molecular complexity index is 480. The molecule has 2 nitrogen and oxygen atoms in total. The summed E-state index contributed by atoms with van der Waals surface area (Å²) in [7, 11) is 0. The summed E-state index contributed by atoms with van der Waals surface area (Å²) in [5.74, 6) is -0.0433. The number of hydrogen-bond acceptors (Lipinski definition) is 1. The van der Waals surface area contributed by atoms with E-state index in [0.29, 0.717) is 12.3 Å². The van der Waals surface area contributed by atoms with Gasteiger partial charge >= 0.3 is 5.97 Å². The summed E-state index contributed by atoms with van der Waals surface area (Å²) in [6.07, 6.45) is 7.92. The summed E-state index contributed by atoms with van der Waals surface area (Å²) < 4.78 is 0. The van der Waals surface area contributed by atoms with Crippen molar-refractivity contribution < 1.29 is 9.90 Å². The van der Waals surface area contributed by atoms with E-state index < -0.39 is 11.4 Å². The maximum Gasteiger partial charge on any atom is 0.309 e. The highest BCUT2D eigenvalue weighted by Gasteiger charge is 2.42. The van der Waals surface area contributed by atoms with Gasteiger partial charge in [0.2, 0.25) is 0 Å². The molecular formula is C19H28O2. The van der Waals surface area contributed by atoms with Crippen molar-refractivity contribution in [2.75, 3.05) is 0 Å². The molecule has 1 aromatic carbocycles. The van der Waals surface area contributed by atoms with Gasteiger partial charge in [0.15, 0.2) is 0 Å². The van der Waals surface area contributed by atoms with E-state index in [-0.39, 0.29) is 0 Å². The minimum Gasteiger partial charge on any atom is -0.481 e. The summed E-state index contributed by atoms with van der Waals surface area (Å²) in [6.45, 7) is 4.41. The second-order valence-corrected chi connectivity index (χ2v) is 6.65. The lowest BCUT2D eigenvalue weighted by Gasteiger charge is -2.37. The molecule has 0 radical (unpaired) electrons. The summed E-state index contributed by atoms with van der Waals surface area (Å²) in [6, 6.07) is 8.35. The van der Waals surface area contributed by atoms with Crippen LogP contribution in [0.15, 0.2) is 24.3 Å². The highest BCUT2D eigenvalue weighted by atomic mass is 16.4. The Balaban J connectivity index is 2.17. The smallest absolute Gasteiger partial charge is 0.309 e. The molecule has 2 rings (SSSR count). The Morgan fingerprint density at radius 2 is 2.00 bits per heavy atom. The highest BCUT2D eigenvalue weighted by molar-refractivity contribution is 5.75. The number of carboxylic acid groups (broad SMARTS) is 1. The first-order chi connectivity index (χ1) is 10.1. The normalized spacial score (nSPS) is 22.6. The summed E-state index contributed by atoms with van der Waals surface area (Å²) in [4.78, 5) is 12.0. The number of aliphatic carboxylic acids is 1. The van der Waals surface area contributed by atoms with Gasteiger partial charge in [-0.1, -0.05) is 63.8 Å². The van der Waals surface area contributed by atoms with Gasteiger partial charge in [-0.3, -0.25) is 4.79 Å². The van der Waals surface area contributed by atoms with Crippen LogP contribution in [0.3, 0.4) is 0 Å². The molecule has 2 heteroatoms. The van der Waals surface area contributed by atoms with Crippen molar-refractivity contribution in [1.82, 2.24) is 0 Å². The fourth-order valence-electron chi connectivity index (χ4n) is 3.74. The topological polar surface area (TPSA) is 37.3 Å². The SMILES string of the molecule is CCCCC(CC)CC1(C(=O)O)CCc2ccccc2C1. The van der Waals surface area contributed by atoms with E-state index in [1.807, 2.05) is 6.07 Å². The van der Waals surface area contributed by atoms with E-state index in [1.165, 1.54) is 30.4 Å². The van der Waals surface area contributed by atoms with E-state index in [2.05, 4.69) is 32.0 Å². The van der Waals surface area contributed by atoms with Gasteiger partial charge in [0, 0.05) is 0 Å². The number of hydrogen-bond donors (Lipinski definition) is 1. The van der Waals surface area contributed by atoms with Gasteiger partial charge in [0.05, 0.1) is 5.41 Å². The molecule has 1 N–H and O–H groups in total. The lowest BCUT2D eigenvalue weighted by Crippen LogP contribution is -2.38. The van der Waals surface area contributed by atoms with E-state index in [0.717, 1.165) is 25.7 Å². The van der Waals surface area contributed by atoms with Gasteiger partial charge in [-0.15, -0.1) is 0 Å². The first kappa shape index (κ1) is 16.1. The van der Waals surface area contributed by atoms with Crippen molar-refractivity contribution in [2.24, 2.45) is 11.3 Å². The first-order valence-electron chi connectivity index (χ1n) is 8.41. The third-order valence-electron chi connectivity index (χ3n) is 5.20. The largest absolute Gasteiger partial charge is 0.481 e. The average molecular weight is 288 g/mol. The van der Waals surface area contributed by atoms with E-state index in [9.17, 15) is 9.90 Å². The molecule has 0 bridgehead atoms. The minimum atomic E-state index is -0.591. The molecule has 2 atom stereocenters. The van der Waals surface area contributed by atoms with Crippen LogP contribution < -0.4 is 0 Å². The second kappa shape index (κ2) is 7.11. The maximum absolute atomic E-state index is 12.0. The molecule has 0 spiro atoms. The standard InChI is InChI=1S/C19H28O2/c1-3-5-8-15(4-2)13-19(18(20)21)12-11-16-9-6-7-10-17(16)14-19/h6-7,9-10,15H,3-5,8,11-14H2,1-2H3,(H,20,21). The molecule has 0 aliphatic heterocycles. The summed E-state index contributed by atoms with van der Waals surface area (Å²) in [5.41, 5.74) is 2.05. The van der Waals surface area contributed by atoms with Crippen LogP contribution in [-0.2, 0) is 17.6 Å². The fourth-order valence-corrected chi connectivity index (χ4v) is 3.74. The van der Waals surface area contributed by atoms with Crippen LogP contribution in [0.5, 0.6) is 0 Å². The molecule has 0 saturated heterocycles. The quantitative estimate of drug-likeness (QED) is 0.778. The van der Waals surface area contributed by atoms with Crippen molar-refractivity contribution in [1.29, 1.82) is 0 Å². The Kier molecular flexibility index (Phi) is 5.44. The van der Waals surface area contributed by atoms with Gasteiger partial charge < -0.3 is 5.11 Å². The van der Waals surface area contributed by atoms with Gasteiger partial charge in [-0.05, 0) is 42.7 Å². The molecule has 1 aliphatic carbocycles. The molecule has 1 aliphatic rings. The van der Waals surface area contributed by atoms with Crippen LogP contribution in [0.2, 0.25) is 0 Å². The first-order valence-corrected chi connectivity index (χ1v) is 8.41. The van der Waals surface area contributed by atoms with Crippen molar-refractivity contribution >= 4 is 5.97 Å². The Morgan fingerprint density at radius 1 is 1.29 bits per heavy atom. The van der Waals surface area contributed by atoms with Crippen molar-refractivity contribution in [3.05, 3.63) is 35.4 Å². The Hall–Kier alpha value is -1.31. The average Bonchev–Trinajstić information content (AvgIpc) is 2.51. The molecule has 0 amide bonds. The zero-order valence-corrected chi connectivity index (χ0v) is 13.4. The zero-order valence-electron chi connectivity index (χ0n) is 13.4. The fraction of sp³-hybridized carbons (Fsp3) is 0.632. The van der Waals surface area contributed by atoms with Crippen LogP contribution >= 0.6 is 0 Å². The molecule has 0 aromatic heterocycles. The minimum absolute atomic E-state index is 0.539. The predicted molar refractivity (Wildman–Crippen MR) is 86.5 cm³/mol. The molecule has 116 valence electrons. The molecule has 2 unspecified atom stereocenters. The molecular weight excluding hydrogens is 260 g/mol. The number of aryl methyl sites for hydroxylation is 1. The van der Waals surface area contributed by atoms with Crippen molar-refractivity contribution in [3.8, 4) is 0 Å². The van der Waals surface area contributed by atoms with Gasteiger partial charge in [-0.25, -0.2) is 0 Å². The molecule has 0 saturated carbocycles. The number of carboxylic acids is 1. The molecule has 1 aromatic rings.